The van der Waals surface area contributed by atoms with E-state index in [1.54, 1.807) is 26.8 Å². The molecule has 17 heavy (non-hydrogen) atoms. The highest BCUT2D eigenvalue weighted by Gasteiger charge is 2.33. The lowest BCUT2D eigenvalue weighted by Crippen LogP contribution is -2.46. The Balaban J connectivity index is 2.80. The van der Waals surface area contributed by atoms with Crippen LogP contribution in [0.4, 0.5) is 0 Å². The van der Waals surface area contributed by atoms with Crippen molar-refractivity contribution in [2.24, 2.45) is 0 Å². The van der Waals surface area contributed by atoms with Gasteiger partial charge in [-0.15, -0.1) is 0 Å². The number of carbonyl (C=O) groups excluding carboxylic acids is 2. The second-order valence-corrected chi connectivity index (χ2v) is 4.86. The Morgan fingerprint density at radius 2 is 2.06 bits per heavy atom. The van der Waals surface area contributed by atoms with E-state index in [-0.39, 0.29) is 0 Å². The standard InChI is InChI=1S/C12H19NO4/c1-12(2,3)17-11(15)9-8(10(14)16-4)6-5-7-13-9/h6,9,13H,5,7H2,1-4H3. The Morgan fingerprint density at radius 1 is 1.41 bits per heavy atom. The summed E-state index contributed by atoms with van der Waals surface area (Å²) < 4.78 is 9.90. The lowest BCUT2D eigenvalue weighted by atomic mass is 10.0. The molecule has 1 unspecified atom stereocenters. The minimum atomic E-state index is -0.726. The van der Waals surface area contributed by atoms with Crippen LogP contribution >= 0.6 is 0 Å². The zero-order chi connectivity index (χ0) is 13.1. The number of hydrogen-bond donors (Lipinski definition) is 1. The Morgan fingerprint density at radius 3 is 2.59 bits per heavy atom. The summed E-state index contributed by atoms with van der Waals surface area (Å²) in [5.41, 5.74) is -0.245. The second kappa shape index (κ2) is 5.31. The van der Waals surface area contributed by atoms with Gasteiger partial charge in [0.05, 0.1) is 12.7 Å². The monoisotopic (exact) mass is 241 g/mol. The van der Waals surface area contributed by atoms with Gasteiger partial charge in [0.25, 0.3) is 0 Å². The quantitative estimate of drug-likeness (QED) is 0.724. The van der Waals surface area contributed by atoms with Crippen molar-refractivity contribution in [3.63, 3.8) is 0 Å². The minimum Gasteiger partial charge on any atom is -0.466 e. The maximum Gasteiger partial charge on any atom is 0.335 e. The molecule has 1 atom stereocenters. The zero-order valence-electron chi connectivity index (χ0n) is 10.7. The Bertz CT molecular complexity index is 341. The molecule has 0 spiro atoms. The Kier molecular flexibility index (Phi) is 4.28. The molecular formula is C12H19NO4. The highest BCUT2D eigenvalue weighted by atomic mass is 16.6. The van der Waals surface area contributed by atoms with Crippen molar-refractivity contribution in [3.05, 3.63) is 11.6 Å². The first-order valence-electron chi connectivity index (χ1n) is 5.60. The first-order chi connectivity index (χ1) is 7.85. The summed E-state index contributed by atoms with van der Waals surface area (Å²) in [6.07, 6.45) is 2.42. The summed E-state index contributed by atoms with van der Waals surface area (Å²) in [5.74, 6) is -0.943. The van der Waals surface area contributed by atoms with Crippen molar-refractivity contribution in [1.82, 2.24) is 5.32 Å². The molecule has 0 aromatic heterocycles. The highest BCUT2D eigenvalue weighted by molar-refractivity contribution is 5.98. The van der Waals surface area contributed by atoms with E-state index in [2.05, 4.69) is 10.1 Å². The van der Waals surface area contributed by atoms with Crippen molar-refractivity contribution >= 4 is 11.9 Å². The molecule has 0 aliphatic carbocycles. The van der Waals surface area contributed by atoms with Crippen molar-refractivity contribution in [1.29, 1.82) is 0 Å². The van der Waals surface area contributed by atoms with Crippen molar-refractivity contribution < 1.29 is 19.1 Å². The molecule has 1 aliphatic rings. The molecule has 1 rings (SSSR count). The smallest absolute Gasteiger partial charge is 0.335 e. The molecule has 0 aromatic rings. The number of rotatable bonds is 2. The van der Waals surface area contributed by atoms with E-state index in [0.29, 0.717) is 18.5 Å². The summed E-state index contributed by atoms with van der Waals surface area (Å²) in [6.45, 7) is 6.00. The lowest BCUT2D eigenvalue weighted by molar-refractivity contribution is -0.158. The zero-order valence-corrected chi connectivity index (χ0v) is 10.7. The Labute approximate surface area is 101 Å². The van der Waals surface area contributed by atoms with Crippen LogP contribution in [-0.4, -0.2) is 37.2 Å². The fourth-order valence-corrected chi connectivity index (χ4v) is 1.57. The molecule has 1 aliphatic heterocycles. The maximum atomic E-state index is 11.9. The topological polar surface area (TPSA) is 64.6 Å². The number of methoxy groups -OCH3 is 1. The summed E-state index contributed by atoms with van der Waals surface area (Å²) in [5, 5.41) is 2.96. The number of nitrogens with one attached hydrogen (secondary N) is 1. The normalized spacial score (nSPS) is 20.5. The van der Waals surface area contributed by atoms with Crippen LogP contribution in [0.25, 0.3) is 0 Å². The predicted molar refractivity (Wildman–Crippen MR) is 62.4 cm³/mol. The van der Waals surface area contributed by atoms with Gasteiger partial charge in [-0.3, -0.25) is 0 Å². The van der Waals surface area contributed by atoms with Gasteiger partial charge in [0.2, 0.25) is 0 Å². The lowest BCUT2D eigenvalue weighted by Gasteiger charge is -2.27. The van der Waals surface area contributed by atoms with Crippen molar-refractivity contribution in [3.8, 4) is 0 Å². The van der Waals surface area contributed by atoms with Crippen LogP contribution in [0, 0.1) is 0 Å². The fraction of sp³-hybridized carbons (Fsp3) is 0.667. The third-order valence-electron chi connectivity index (χ3n) is 2.23. The van der Waals surface area contributed by atoms with Gasteiger partial charge in [0.15, 0.2) is 0 Å². The van der Waals surface area contributed by atoms with Crippen LogP contribution in [0.1, 0.15) is 27.2 Å². The van der Waals surface area contributed by atoms with Gasteiger partial charge in [-0.05, 0) is 33.7 Å². The van der Waals surface area contributed by atoms with E-state index in [4.69, 9.17) is 4.74 Å². The summed E-state index contributed by atoms with van der Waals surface area (Å²) in [4.78, 5) is 23.4. The van der Waals surface area contributed by atoms with Crippen LogP contribution in [0.15, 0.2) is 11.6 Å². The van der Waals surface area contributed by atoms with Crippen molar-refractivity contribution in [2.75, 3.05) is 13.7 Å². The average Bonchev–Trinajstić information content (AvgIpc) is 2.25. The molecule has 0 fully saturated rings. The van der Waals surface area contributed by atoms with E-state index < -0.39 is 23.6 Å². The molecule has 0 bridgehead atoms. The molecule has 5 nitrogen and oxygen atoms in total. The molecule has 0 saturated carbocycles. The summed E-state index contributed by atoms with van der Waals surface area (Å²) in [7, 11) is 1.30. The molecule has 0 amide bonds. The number of hydrogen-bond acceptors (Lipinski definition) is 5. The summed E-state index contributed by atoms with van der Waals surface area (Å²) in [6, 6.07) is -0.726. The summed E-state index contributed by atoms with van der Waals surface area (Å²) >= 11 is 0. The van der Waals surface area contributed by atoms with Crippen LogP contribution < -0.4 is 5.32 Å². The average molecular weight is 241 g/mol. The van der Waals surface area contributed by atoms with Crippen LogP contribution in [-0.2, 0) is 19.1 Å². The van der Waals surface area contributed by atoms with Crippen LogP contribution in [0.5, 0.6) is 0 Å². The first-order valence-corrected chi connectivity index (χ1v) is 5.60. The van der Waals surface area contributed by atoms with Gasteiger partial charge in [-0.25, -0.2) is 9.59 Å². The van der Waals surface area contributed by atoms with Gasteiger partial charge in [0, 0.05) is 0 Å². The number of carbonyl (C=O) groups is 2. The largest absolute Gasteiger partial charge is 0.466 e. The molecule has 5 heteroatoms. The van der Waals surface area contributed by atoms with Crippen molar-refractivity contribution in [2.45, 2.75) is 38.8 Å². The van der Waals surface area contributed by atoms with E-state index in [9.17, 15) is 9.59 Å². The van der Waals surface area contributed by atoms with Gasteiger partial charge in [-0.2, -0.15) is 0 Å². The van der Waals surface area contributed by atoms with Gasteiger partial charge < -0.3 is 14.8 Å². The molecule has 0 saturated heterocycles. The second-order valence-electron chi connectivity index (χ2n) is 4.86. The highest BCUT2D eigenvalue weighted by Crippen LogP contribution is 2.16. The molecule has 0 radical (unpaired) electrons. The molecular weight excluding hydrogens is 222 g/mol. The van der Waals surface area contributed by atoms with Gasteiger partial charge in [0.1, 0.15) is 11.6 Å². The van der Waals surface area contributed by atoms with Crippen LogP contribution in [0.2, 0.25) is 0 Å². The molecule has 96 valence electrons. The molecule has 1 N–H and O–H groups in total. The van der Waals surface area contributed by atoms with Crippen LogP contribution in [0.3, 0.4) is 0 Å². The third-order valence-corrected chi connectivity index (χ3v) is 2.23. The fourth-order valence-electron chi connectivity index (χ4n) is 1.57. The minimum absolute atomic E-state index is 0.327. The number of ether oxygens (including phenoxy) is 2. The maximum absolute atomic E-state index is 11.9. The van der Waals surface area contributed by atoms with E-state index >= 15 is 0 Å². The number of esters is 2. The van der Waals surface area contributed by atoms with Gasteiger partial charge in [-0.1, -0.05) is 6.08 Å². The Hall–Kier alpha value is -1.36. The first kappa shape index (κ1) is 13.7. The van der Waals surface area contributed by atoms with E-state index in [1.165, 1.54) is 7.11 Å². The predicted octanol–water partition coefficient (Wildman–Crippen LogP) is 0.789. The van der Waals surface area contributed by atoms with E-state index in [1.807, 2.05) is 0 Å². The third kappa shape index (κ3) is 3.85. The SMILES string of the molecule is COC(=O)C1=CCCNC1C(=O)OC(C)(C)C. The molecule has 0 aromatic carbocycles. The van der Waals surface area contributed by atoms with Gasteiger partial charge >= 0.3 is 11.9 Å². The molecule has 1 heterocycles. The van der Waals surface area contributed by atoms with E-state index in [0.717, 1.165) is 0 Å².